The van der Waals surface area contributed by atoms with Crippen molar-refractivity contribution in [3.8, 4) is 6.07 Å². The zero-order valence-corrected chi connectivity index (χ0v) is 11.1. The van der Waals surface area contributed by atoms with Gasteiger partial charge in [-0.1, -0.05) is 6.07 Å². The van der Waals surface area contributed by atoms with Crippen molar-refractivity contribution in [3.63, 3.8) is 0 Å². The lowest BCUT2D eigenvalue weighted by atomic mass is 10.1. The monoisotopic (exact) mass is 268 g/mol. The number of hydrogen-bond donors (Lipinski definition) is 2. The maximum atomic E-state index is 12.3. The first-order chi connectivity index (χ1) is 9.79. The lowest BCUT2D eigenvalue weighted by Gasteiger charge is -2.31. The highest BCUT2D eigenvalue weighted by molar-refractivity contribution is 5.95. The van der Waals surface area contributed by atoms with E-state index in [0.717, 1.165) is 31.5 Å². The number of amides is 2. The number of nitrogens with one attached hydrogen (secondary N) is 2. The van der Waals surface area contributed by atoms with Crippen LogP contribution in [-0.2, 0) is 0 Å². The summed E-state index contributed by atoms with van der Waals surface area (Å²) in [6.45, 7) is 1.86. The number of urea groups is 1. The maximum Gasteiger partial charge on any atom is 0.326 e. The highest BCUT2D eigenvalue weighted by Gasteiger charge is 2.26. The number of carbonyl (C=O) groups excluding carboxylic acids is 1. The number of fused-ring (bicyclic) bond motifs is 1. The number of nitrogens with zero attached hydrogens (tertiary/aromatic N) is 2. The van der Waals surface area contributed by atoms with Gasteiger partial charge in [0, 0.05) is 17.8 Å². The molecule has 0 bridgehead atoms. The van der Waals surface area contributed by atoms with Crippen molar-refractivity contribution in [1.82, 2.24) is 10.2 Å². The SMILES string of the molecule is N#Cc1cccc2c1C=CN(C1CCNCC1)C(=O)N2. The fourth-order valence-electron chi connectivity index (χ4n) is 2.73. The Hall–Kier alpha value is -2.32. The van der Waals surface area contributed by atoms with E-state index in [1.807, 2.05) is 12.1 Å². The molecule has 1 fully saturated rings. The van der Waals surface area contributed by atoms with Gasteiger partial charge in [-0.2, -0.15) is 5.26 Å². The molecule has 20 heavy (non-hydrogen) atoms. The van der Waals surface area contributed by atoms with Gasteiger partial charge in [0.25, 0.3) is 0 Å². The summed E-state index contributed by atoms with van der Waals surface area (Å²) in [6, 6.07) is 7.62. The van der Waals surface area contributed by atoms with E-state index in [9.17, 15) is 4.79 Å². The molecule has 0 aromatic heterocycles. The molecule has 0 saturated carbocycles. The van der Waals surface area contributed by atoms with Gasteiger partial charge in [-0.25, -0.2) is 4.79 Å². The van der Waals surface area contributed by atoms with E-state index in [2.05, 4.69) is 16.7 Å². The molecule has 2 amide bonds. The number of hydrogen-bond acceptors (Lipinski definition) is 3. The zero-order chi connectivity index (χ0) is 13.9. The zero-order valence-electron chi connectivity index (χ0n) is 11.1. The van der Waals surface area contributed by atoms with E-state index < -0.39 is 0 Å². The van der Waals surface area contributed by atoms with Crippen molar-refractivity contribution in [2.45, 2.75) is 18.9 Å². The first-order valence-corrected chi connectivity index (χ1v) is 6.81. The molecular weight excluding hydrogens is 252 g/mol. The van der Waals surface area contributed by atoms with E-state index in [-0.39, 0.29) is 12.1 Å². The summed E-state index contributed by atoms with van der Waals surface area (Å²) in [5, 5.41) is 15.3. The van der Waals surface area contributed by atoms with Crippen molar-refractivity contribution >= 4 is 17.8 Å². The molecule has 2 N–H and O–H groups in total. The molecular formula is C15H16N4O. The first-order valence-electron chi connectivity index (χ1n) is 6.81. The van der Waals surface area contributed by atoms with Crippen LogP contribution in [0.1, 0.15) is 24.0 Å². The Bertz CT molecular complexity index is 596. The molecule has 0 spiro atoms. The van der Waals surface area contributed by atoms with Gasteiger partial charge in [0.2, 0.25) is 0 Å². The molecule has 2 aliphatic heterocycles. The molecule has 1 saturated heterocycles. The van der Waals surface area contributed by atoms with Crippen LogP contribution in [0.25, 0.3) is 6.08 Å². The summed E-state index contributed by atoms with van der Waals surface area (Å²) in [5.74, 6) is 0. The van der Waals surface area contributed by atoms with Crippen molar-refractivity contribution in [2.75, 3.05) is 18.4 Å². The molecule has 0 atom stereocenters. The predicted molar refractivity (Wildman–Crippen MR) is 76.9 cm³/mol. The number of carbonyl (C=O) groups is 1. The average Bonchev–Trinajstić information content (AvgIpc) is 2.66. The summed E-state index contributed by atoms with van der Waals surface area (Å²) in [4.78, 5) is 14.1. The quantitative estimate of drug-likeness (QED) is 0.819. The third-order valence-electron chi connectivity index (χ3n) is 3.81. The fourth-order valence-corrected chi connectivity index (χ4v) is 2.73. The van der Waals surface area contributed by atoms with Crippen LogP contribution in [0, 0.1) is 11.3 Å². The van der Waals surface area contributed by atoms with E-state index in [1.54, 1.807) is 23.2 Å². The topological polar surface area (TPSA) is 68.2 Å². The predicted octanol–water partition coefficient (Wildman–Crippen LogP) is 2.13. The highest BCUT2D eigenvalue weighted by Crippen LogP contribution is 2.26. The van der Waals surface area contributed by atoms with Crippen LogP contribution < -0.4 is 10.6 Å². The van der Waals surface area contributed by atoms with Crippen molar-refractivity contribution in [2.24, 2.45) is 0 Å². The Morgan fingerprint density at radius 3 is 2.85 bits per heavy atom. The Morgan fingerprint density at radius 2 is 2.10 bits per heavy atom. The molecule has 2 aliphatic rings. The standard InChI is InChI=1S/C15H16N4O/c16-10-11-2-1-3-14-13(11)6-9-19(15(20)18-14)12-4-7-17-8-5-12/h1-3,6,9,12,17H,4-5,7-8H2,(H,18,20). The summed E-state index contributed by atoms with van der Waals surface area (Å²) >= 11 is 0. The van der Waals surface area contributed by atoms with Crippen LogP contribution in [0.4, 0.5) is 10.5 Å². The molecule has 102 valence electrons. The van der Waals surface area contributed by atoms with Gasteiger partial charge in [-0.3, -0.25) is 4.90 Å². The largest absolute Gasteiger partial charge is 0.326 e. The van der Waals surface area contributed by atoms with Gasteiger partial charge >= 0.3 is 6.03 Å². The Balaban J connectivity index is 1.92. The van der Waals surface area contributed by atoms with Crippen LogP contribution in [0.5, 0.6) is 0 Å². The number of rotatable bonds is 1. The maximum absolute atomic E-state index is 12.3. The second-order valence-corrected chi connectivity index (χ2v) is 5.01. The molecule has 0 aliphatic carbocycles. The molecule has 5 heteroatoms. The van der Waals surface area contributed by atoms with Crippen molar-refractivity contribution in [1.29, 1.82) is 5.26 Å². The van der Waals surface area contributed by atoms with Crippen LogP contribution in [0.2, 0.25) is 0 Å². The molecule has 3 rings (SSSR count). The minimum atomic E-state index is -0.123. The Labute approximate surface area is 117 Å². The summed E-state index contributed by atoms with van der Waals surface area (Å²) in [5.41, 5.74) is 2.05. The summed E-state index contributed by atoms with van der Waals surface area (Å²) < 4.78 is 0. The van der Waals surface area contributed by atoms with Crippen molar-refractivity contribution < 1.29 is 4.79 Å². The van der Waals surface area contributed by atoms with Crippen molar-refractivity contribution in [3.05, 3.63) is 35.5 Å². The molecule has 2 heterocycles. The van der Waals surface area contributed by atoms with E-state index >= 15 is 0 Å². The Kier molecular flexibility index (Phi) is 3.40. The van der Waals surface area contributed by atoms with Crippen LogP contribution in [-0.4, -0.2) is 30.1 Å². The van der Waals surface area contributed by atoms with Gasteiger partial charge in [0.1, 0.15) is 0 Å². The second kappa shape index (κ2) is 5.35. The van der Waals surface area contributed by atoms with Gasteiger partial charge < -0.3 is 10.6 Å². The van der Waals surface area contributed by atoms with E-state index in [1.165, 1.54) is 0 Å². The minimum absolute atomic E-state index is 0.123. The van der Waals surface area contributed by atoms with E-state index in [4.69, 9.17) is 5.26 Å². The average molecular weight is 268 g/mol. The van der Waals surface area contributed by atoms with Crippen LogP contribution in [0.15, 0.2) is 24.4 Å². The number of anilines is 1. The number of benzene rings is 1. The van der Waals surface area contributed by atoms with Gasteiger partial charge in [0.05, 0.1) is 17.3 Å². The molecule has 0 radical (unpaired) electrons. The van der Waals surface area contributed by atoms with E-state index in [0.29, 0.717) is 11.3 Å². The minimum Gasteiger partial charge on any atom is -0.317 e. The normalized spacial score (nSPS) is 18.9. The summed E-state index contributed by atoms with van der Waals surface area (Å²) in [7, 11) is 0. The van der Waals surface area contributed by atoms with Crippen LogP contribution in [0.3, 0.4) is 0 Å². The molecule has 0 unspecified atom stereocenters. The number of piperidine rings is 1. The smallest absolute Gasteiger partial charge is 0.317 e. The Morgan fingerprint density at radius 1 is 1.30 bits per heavy atom. The molecule has 5 nitrogen and oxygen atoms in total. The van der Waals surface area contributed by atoms with Crippen LogP contribution >= 0.6 is 0 Å². The number of nitriles is 1. The van der Waals surface area contributed by atoms with Gasteiger partial charge in [-0.15, -0.1) is 0 Å². The lowest BCUT2D eigenvalue weighted by molar-refractivity contribution is 0.201. The molecule has 1 aromatic carbocycles. The second-order valence-electron chi connectivity index (χ2n) is 5.01. The third-order valence-corrected chi connectivity index (χ3v) is 3.81. The first kappa shape index (κ1) is 12.7. The summed E-state index contributed by atoms with van der Waals surface area (Å²) in [6.07, 6.45) is 5.55. The lowest BCUT2D eigenvalue weighted by Crippen LogP contribution is -2.44. The highest BCUT2D eigenvalue weighted by atomic mass is 16.2. The van der Waals surface area contributed by atoms with Gasteiger partial charge in [0.15, 0.2) is 0 Å². The van der Waals surface area contributed by atoms with Gasteiger partial charge in [-0.05, 0) is 44.1 Å². The third kappa shape index (κ3) is 2.26. The molecule has 1 aromatic rings. The fraction of sp³-hybridized carbons (Fsp3) is 0.333.